The van der Waals surface area contributed by atoms with Crippen LogP contribution in [0.3, 0.4) is 0 Å². The number of benzene rings is 3. The molecule has 4 aromatic rings. The van der Waals surface area contributed by atoms with Crippen LogP contribution in [0.5, 0.6) is 5.75 Å². The minimum Gasteiger partial charge on any atom is -0.497 e. The Morgan fingerprint density at radius 2 is 1.69 bits per heavy atom. The van der Waals surface area contributed by atoms with E-state index in [1.807, 2.05) is 37.3 Å². The van der Waals surface area contributed by atoms with E-state index in [4.69, 9.17) is 9.26 Å². The number of hydrogen-bond donors (Lipinski definition) is 1. The van der Waals surface area contributed by atoms with Crippen molar-refractivity contribution < 1.29 is 14.1 Å². The zero-order chi connectivity index (χ0) is 20.2. The molecule has 4 rings (SSSR count). The first-order valence-corrected chi connectivity index (χ1v) is 9.09. The van der Waals surface area contributed by atoms with Gasteiger partial charge in [-0.1, -0.05) is 47.1 Å². The lowest BCUT2D eigenvalue weighted by Gasteiger charge is -2.08. The standard InChI is InChI=1S/C23H19N3O3/c1-15-7-9-16(10-8-15)21-25-23(29-26-21)20-6-4-3-5-19(20)22(27)24-17-11-13-18(28-2)14-12-17/h3-14H,1-2H3,(H,24,27). The molecule has 0 spiro atoms. The normalized spacial score (nSPS) is 10.6. The van der Waals surface area contributed by atoms with Gasteiger partial charge in [0.05, 0.1) is 18.2 Å². The molecule has 3 aromatic carbocycles. The summed E-state index contributed by atoms with van der Waals surface area (Å²) in [6.07, 6.45) is 0. The molecule has 0 aliphatic heterocycles. The summed E-state index contributed by atoms with van der Waals surface area (Å²) in [5.41, 5.74) is 3.69. The summed E-state index contributed by atoms with van der Waals surface area (Å²) in [4.78, 5) is 17.3. The van der Waals surface area contributed by atoms with Crippen molar-refractivity contribution in [1.29, 1.82) is 0 Å². The van der Waals surface area contributed by atoms with Gasteiger partial charge in [0.2, 0.25) is 5.82 Å². The predicted molar refractivity (Wildman–Crippen MR) is 111 cm³/mol. The van der Waals surface area contributed by atoms with E-state index < -0.39 is 0 Å². The van der Waals surface area contributed by atoms with Gasteiger partial charge >= 0.3 is 0 Å². The molecule has 0 fully saturated rings. The van der Waals surface area contributed by atoms with Crippen molar-refractivity contribution in [3.8, 4) is 28.6 Å². The monoisotopic (exact) mass is 385 g/mol. The van der Waals surface area contributed by atoms with Crippen molar-refractivity contribution in [2.75, 3.05) is 12.4 Å². The Hall–Kier alpha value is -3.93. The van der Waals surface area contributed by atoms with Crippen LogP contribution in [0, 0.1) is 6.92 Å². The minimum absolute atomic E-state index is 0.263. The highest BCUT2D eigenvalue weighted by Gasteiger charge is 2.18. The molecule has 0 aliphatic carbocycles. The second kappa shape index (κ2) is 7.98. The molecular formula is C23H19N3O3. The van der Waals surface area contributed by atoms with Crippen molar-refractivity contribution in [3.63, 3.8) is 0 Å². The average Bonchev–Trinajstić information content (AvgIpc) is 3.25. The van der Waals surface area contributed by atoms with Crippen LogP contribution in [0.25, 0.3) is 22.8 Å². The van der Waals surface area contributed by atoms with Crippen LogP contribution in [-0.2, 0) is 0 Å². The highest BCUT2D eigenvalue weighted by atomic mass is 16.5. The van der Waals surface area contributed by atoms with Crippen molar-refractivity contribution in [1.82, 2.24) is 10.1 Å². The zero-order valence-electron chi connectivity index (χ0n) is 16.0. The Morgan fingerprint density at radius 3 is 2.41 bits per heavy atom. The summed E-state index contributed by atoms with van der Waals surface area (Å²) >= 11 is 0. The number of nitrogens with zero attached hydrogens (tertiary/aromatic N) is 2. The molecule has 1 N–H and O–H groups in total. The lowest BCUT2D eigenvalue weighted by molar-refractivity contribution is 0.102. The van der Waals surface area contributed by atoms with Gasteiger partial charge in [0, 0.05) is 11.3 Å². The number of hydrogen-bond acceptors (Lipinski definition) is 5. The number of aryl methyl sites for hydroxylation is 1. The van der Waals surface area contributed by atoms with Gasteiger partial charge in [-0.15, -0.1) is 0 Å². The maximum atomic E-state index is 12.8. The van der Waals surface area contributed by atoms with Gasteiger partial charge in [0.1, 0.15) is 5.75 Å². The van der Waals surface area contributed by atoms with Gasteiger partial charge in [-0.2, -0.15) is 4.98 Å². The highest BCUT2D eigenvalue weighted by molar-refractivity contribution is 6.08. The summed E-state index contributed by atoms with van der Waals surface area (Å²) in [7, 11) is 1.60. The Labute approximate surface area is 168 Å². The number of methoxy groups -OCH3 is 1. The van der Waals surface area contributed by atoms with Crippen LogP contribution < -0.4 is 10.1 Å². The van der Waals surface area contributed by atoms with E-state index in [-0.39, 0.29) is 5.91 Å². The fraction of sp³-hybridized carbons (Fsp3) is 0.0870. The SMILES string of the molecule is COc1ccc(NC(=O)c2ccccc2-c2nc(-c3ccc(C)cc3)no2)cc1. The summed E-state index contributed by atoms with van der Waals surface area (Å²) in [5.74, 6) is 1.23. The van der Waals surface area contributed by atoms with Crippen molar-refractivity contribution in [2.24, 2.45) is 0 Å². The van der Waals surface area contributed by atoms with Crippen LogP contribution in [0.1, 0.15) is 15.9 Å². The van der Waals surface area contributed by atoms with Gasteiger partial charge < -0.3 is 14.6 Å². The van der Waals surface area contributed by atoms with Gasteiger partial charge in [-0.25, -0.2) is 0 Å². The highest BCUT2D eigenvalue weighted by Crippen LogP contribution is 2.26. The Kier molecular flexibility index (Phi) is 5.07. The summed E-state index contributed by atoms with van der Waals surface area (Å²) in [5, 5.41) is 6.94. The maximum absolute atomic E-state index is 12.8. The molecule has 144 valence electrons. The molecule has 6 heteroatoms. The number of anilines is 1. The van der Waals surface area contributed by atoms with Crippen molar-refractivity contribution >= 4 is 11.6 Å². The van der Waals surface area contributed by atoms with Crippen LogP contribution in [0.4, 0.5) is 5.69 Å². The molecule has 0 radical (unpaired) electrons. The number of carbonyl (C=O) groups excluding carboxylic acids is 1. The Bertz CT molecular complexity index is 1130. The van der Waals surface area contributed by atoms with Gasteiger partial charge in [0.25, 0.3) is 11.8 Å². The first-order valence-electron chi connectivity index (χ1n) is 9.09. The summed E-state index contributed by atoms with van der Waals surface area (Å²) < 4.78 is 10.6. The second-order valence-corrected chi connectivity index (χ2v) is 6.52. The van der Waals surface area contributed by atoms with E-state index in [1.165, 1.54) is 0 Å². The molecule has 1 aromatic heterocycles. The zero-order valence-corrected chi connectivity index (χ0v) is 16.0. The van der Waals surface area contributed by atoms with E-state index in [2.05, 4.69) is 15.5 Å². The third-order valence-electron chi connectivity index (χ3n) is 4.49. The molecule has 0 saturated heterocycles. The lowest BCUT2D eigenvalue weighted by atomic mass is 10.1. The minimum atomic E-state index is -0.263. The van der Waals surface area contributed by atoms with Crippen LogP contribution in [0.15, 0.2) is 77.3 Å². The number of carbonyl (C=O) groups is 1. The predicted octanol–water partition coefficient (Wildman–Crippen LogP) is 4.97. The molecule has 6 nitrogen and oxygen atoms in total. The summed E-state index contributed by atoms with van der Waals surface area (Å²) in [6, 6.07) is 22.1. The largest absolute Gasteiger partial charge is 0.497 e. The van der Waals surface area contributed by atoms with Crippen molar-refractivity contribution in [2.45, 2.75) is 6.92 Å². The average molecular weight is 385 g/mol. The molecule has 29 heavy (non-hydrogen) atoms. The summed E-state index contributed by atoms with van der Waals surface area (Å²) in [6.45, 7) is 2.02. The third kappa shape index (κ3) is 4.01. The van der Waals surface area contributed by atoms with E-state index in [1.54, 1.807) is 49.6 Å². The first-order chi connectivity index (χ1) is 14.1. The van der Waals surface area contributed by atoms with Crippen LogP contribution in [0.2, 0.25) is 0 Å². The van der Waals surface area contributed by atoms with Crippen LogP contribution >= 0.6 is 0 Å². The number of rotatable bonds is 5. The van der Waals surface area contributed by atoms with Crippen molar-refractivity contribution in [3.05, 3.63) is 83.9 Å². The third-order valence-corrected chi connectivity index (χ3v) is 4.49. The number of amides is 1. The van der Waals surface area contributed by atoms with E-state index in [0.717, 1.165) is 16.9 Å². The number of ether oxygens (including phenoxy) is 1. The molecule has 0 bridgehead atoms. The van der Waals surface area contributed by atoms with Gasteiger partial charge in [-0.05, 0) is 43.3 Å². The quantitative estimate of drug-likeness (QED) is 0.525. The topological polar surface area (TPSA) is 77.2 Å². The first kappa shape index (κ1) is 18.4. The molecule has 0 unspecified atom stereocenters. The number of aromatic nitrogens is 2. The number of nitrogens with one attached hydrogen (secondary N) is 1. The van der Waals surface area contributed by atoms with Gasteiger partial charge in [0.15, 0.2) is 0 Å². The molecular weight excluding hydrogens is 366 g/mol. The Balaban J connectivity index is 1.61. The van der Waals surface area contributed by atoms with E-state index >= 15 is 0 Å². The van der Waals surface area contributed by atoms with E-state index in [9.17, 15) is 4.79 Å². The molecule has 0 saturated carbocycles. The van der Waals surface area contributed by atoms with E-state index in [0.29, 0.717) is 28.5 Å². The van der Waals surface area contributed by atoms with Gasteiger partial charge in [-0.3, -0.25) is 4.79 Å². The fourth-order valence-corrected chi connectivity index (χ4v) is 2.89. The Morgan fingerprint density at radius 1 is 0.966 bits per heavy atom. The maximum Gasteiger partial charge on any atom is 0.259 e. The molecule has 1 amide bonds. The molecule has 1 heterocycles. The molecule has 0 aliphatic rings. The molecule has 0 atom stereocenters. The lowest BCUT2D eigenvalue weighted by Crippen LogP contribution is -2.13. The second-order valence-electron chi connectivity index (χ2n) is 6.52. The smallest absolute Gasteiger partial charge is 0.259 e. The fourth-order valence-electron chi connectivity index (χ4n) is 2.89. The van der Waals surface area contributed by atoms with Crippen LogP contribution in [-0.4, -0.2) is 23.2 Å².